The zero-order valence-electron chi connectivity index (χ0n) is 13.3. The summed E-state index contributed by atoms with van der Waals surface area (Å²) >= 11 is 0. The number of aliphatic hydroxyl groups excluding tert-OH is 1. The normalized spacial score (nSPS) is 21.4. The third-order valence-corrected chi connectivity index (χ3v) is 4.55. The van der Waals surface area contributed by atoms with Gasteiger partial charge >= 0.3 is 0 Å². The van der Waals surface area contributed by atoms with Crippen LogP contribution < -0.4 is 4.74 Å². The first-order valence-electron chi connectivity index (χ1n) is 8.11. The first kappa shape index (κ1) is 15.7. The lowest BCUT2D eigenvalue weighted by Gasteiger charge is -2.33. The number of benzene rings is 1. The summed E-state index contributed by atoms with van der Waals surface area (Å²) < 4.78 is 10.7. The summed E-state index contributed by atoms with van der Waals surface area (Å²) in [6, 6.07) is 6.31. The van der Waals surface area contributed by atoms with Crippen molar-refractivity contribution in [1.82, 2.24) is 9.80 Å². The van der Waals surface area contributed by atoms with Crippen molar-refractivity contribution in [1.29, 1.82) is 0 Å². The maximum absolute atomic E-state index is 10.4. The average Bonchev–Trinajstić information content (AvgIpc) is 2.55. The molecule has 0 radical (unpaired) electrons. The second kappa shape index (κ2) is 7.42. The van der Waals surface area contributed by atoms with Crippen LogP contribution in [-0.2, 0) is 17.7 Å². The number of rotatable bonds is 5. The standard InChI is InChI=1S/C17H26N2O3/c1-21-17-3-2-14-4-5-19(11-15(14)10-17)13-16(20)12-18-6-8-22-9-7-18/h2-3,10,16,20H,4-9,11-13H2,1H3. The van der Waals surface area contributed by atoms with Crippen molar-refractivity contribution >= 4 is 0 Å². The molecule has 0 aromatic heterocycles. The fourth-order valence-electron chi connectivity index (χ4n) is 3.31. The minimum Gasteiger partial charge on any atom is -0.497 e. The summed E-state index contributed by atoms with van der Waals surface area (Å²) in [6.07, 6.45) is 0.745. The molecule has 0 aliphatic carbocycles. The molecule has 122 valence electrons. The van der Waals surface area contributed by atoms with E-state index >= 15 is 0 Å². The van der Waals surface area contributed by atoms with Gasteiger partial charge in [0.25, 0.3) is 0 Å². The minimum atomic E-state index is -0.301. The summed E-state index contributed by atoms with van der Waals surface area (Å²) in [5, 5.41) is 10.4. The van der Waals surface area contributed by atoms with Crippen LogP contribution in [0.1, 0.15) is 11.1 Å². The topological polar surface area (TPSA) is 45.2 Å². The highest BCUT2D eigenvalue weighted by atomic mass is 16.5. The Hall–Kier alpha value is -1.14. The molecule has 1 atom stereocenters. The number of β-amino-alcohol motifs (C(OH)–C–C–N with tert-alkyl or cyclic N) is 1. The van der Waals surface area contributed by atoms with Gasteiger partial charge in [-0.3, -0.25) is 9.80 Å². The highest BCUT2D eigenvalue weighted by Gasteiger charge is 2.21. The fourth-order valence-corrected chi connectivity index (χ4v) is 3.31. The Balaban J connectivity index is 1.52. The molecular weight excluding hydrogens is 280 g/mol. The Morgan fingerprint density at radius 3 is 2.68 bits per heavy atom. The molecule has 3 rings (SSSR count). The smallest absolute Gasteiger partial charge is 0.119 e. The van der Waals surface area contributed by atoms with Crippen LogP contribution in [0, 0.1) is 0 Å². The highest BCUT2D eigenvalue weighted by Crippen LogP contribution is 2.23. The van der Waals surface area contributed by atoms with E-state index < -0.39 is 0 Å². The van der Waals surface area contributed by atoms with Crippen LogP contribution in [0.3, 0.4) is 0 Å². The van der Waals surface area contributed by atoms with Crippen LogP contribution in [0.25, 0.3) is 0 Å². The van der Waals surface area contributed by atoms with Crippen LogP contribution in [0.2, 0.25) is 0 Å². The Kier molecular flexibility index (Phi) is 5.31. The molecule has 2 aliphatic rings. The summed E-state index contributed by atoms with van der Waals surface area (Å²) in [5.41, 5.74) is 2.73. The van der Waals surface area contributed by atoms with Gasteiger partial charge in [0, 0.05) is 39.3 Å². The zero-order valence-corrected chi connectivity index (χ0v) is 13.3. The Morgan fingerprint density at radius 2 is 1.91 bits per heavy atom. The predicted molar refractivity (Wildman–Crippen MR) is 85.2 cm³/mol. The lowest BCUT2D eigenvalue weighted by atomic mass is 9.99. The number of hydrogen-bond acceptors (Lipinski definition) is 5. The van der Waals surface area contributed by atoms with Crippen LogP contribution in [0.15, 0.2) is 18.2 Å². The molecule has 1 unspecified atom stereocenters. The van der Waals surface area contributed by atoms with Gasteiger partial charge in [0.1, 0.15) is 5.75 Å². The molecule has 2 heterocycles. The molecule has 1 fully saturated rings. The number of nitrogens with zero attached hydrogens (tertiary/aromatic N) is 2. The molecule has 1 aromatic rings. The van der Waals surface area contributed by atoms with Gasteiger partial charge in [0.15, 0.2) is 0 Å². The quantitative estimate of drug-likeness (QED) is 0.870. The monoisotopic (exact) mass is 306 g/mol. The summed E-state index contributed by atoms with van der Waals surface area (Å²) in [5.74, 6) is 0.912. The van der Waals surface area contributed by atoms with Crippen LogP contribution in [-0.4, -0.2) is 74.1 Å². The second-order valence-electron chi connectivity index (χ2n) is 6.19. The number of hydrogen-bond donors (Lipinski definition) is 1. The maximum atomic E-state index is 10.4. The number of aliphatic hydroxyl groups is 1. The van der Waals surface area contributed by atoms with E-state index in [2.05, 4.69) is 21.9 Å². The summed E-state index contributed by atoms with van der Waals surface area (Å²) in [7, 11) is 1.70. The highest BCUT2D eigenvalue weighted by molar-refractivity contribution is 5.37. The minimum absolute atomic E-state index is 0.301. The third-order valence-electron chi connectivity index (χ3n) is 4.55. The number of methoxy groups -OCH3 is 1. The van der Waals surface area contributed by atoms with Gasteiger partial charge in [-0.25, -0.2) is 0 Å². The average molecular weight is 306 g/mol. The maximum Gasteiger partial charge on any atom is 0.119 e. The van der Waals surface area contributed by atoms with Gasteiger partial charge in [0.05, 0.1) is 26.4 Å². The Morgan fingerprint density at radius 1 is 1.14 bits per heavy atom. The van der Waals surface area contributed by atoms with Crippen molar-refractivity contribution in [3.05, 3.63) is 29.3 Å². The number of morpholine rings is 1. The summed E-state index contributed by atoms with van der Waals surface area (Å²) in [6.45, 7) is 6.80. The van der Waals surface area contributed by atoms with Crippen molar-refractivity contribution in [2.24, 2.45) is 0 Å². The van der Waals surface area contributed by atoms with E-state index in [9.17, 15) is 5.11 Å². The molecule has 0 bridgehead atoms. The van der Waals surface area contributed by atoms with Crippen LogP contribution in [0.4, 0.5) is 0 Å². The van der Waals surface area contributed by atoms with E-state index in [4.69, 9.17) is 9.47 Å². The third kappa shape index (κ3) is 3.98. The van der Waals surface area contributed by atoms with Gasteiger partial charge in [-0.2, -0.15) is 0 Å². The van der Waals surface area contributed by atoms with Gasteiger partial charge in [0.2, 0.25) is 0 Å². The summed E-state index contributed by atoms with van der Waals surface area (Å²) in [4.78, 5) is 4.63. The van der Waals surface area contributed by atoms with E-state index in [1.165, 1.54) is 11.1 Å². The molecule has 5 heteroatoms. The zero-order chi connectivity index (χ0) is 15.4. The molecule has 1 saturated heterocycles. The van der Waals surface area contributed by atoms with E-state index in [1.54, 1.807) is 7.11 Å². The fraction of sp³-hybridized carbons (Fsp3) is 0.647. The first-order valence-corrected chi connectivity index (χ1v) is 8.11. The molecule has 0 spiro atoms. The lowest BCUT2D eigenvalue weighted by Crippen LogP contribution is -2.45. The van der Waals surface area contributed by atoms with Crippen LogP contribution in [0.5, 0.6) is 5.75 Å². The van der Waals surface area contributed by atoms with E-state index in [-0.39, 0.29) is 6.10 Å². The van der Waals surface area contributed by atoms with Gasteiger partial charge in [-0.15, -0.1) is 0 Å². The molecule has 2 aliphatic heterocycles. The predicted octanol–water partition coefficient (Wildman–Crippen LogP) is 0.746. The number of fused-ring (bicyclic) bond motifs is 1. The Bertz CT molecular complexity index is 489. The molecule has 0 saturated carbocycles. The molecule has 22 heavy (non-hydrogen) atoms. The molecule has 5 nitrogen and oxygen atoms in total. The first-order chi connectivity index (χ1) is 10.7. The van der Waals surface area contributed by atoms with Gasteiger partial charge in [-0.05, 0) is 29.7 Å². The van der Waals surface area contributed by atoms with Crippen molar-refractivity contribution < 1.29 is 14.6 Å². The van der Waals surface area contributed by atoms with Crippen molar-refractivity contribution in [3.8, 4) is 5.75 Å². The molecule has 1 aromatic carbocycles. The number of ether oxygens (including phenoxy) is 2. The van der Waals surface area contributed by atoms with E-state index in [0.29, 0.717) is 0 Å². The van der Waals surface area contributed by atoms with E-state index in [1.807, 2.05) is 6.07 Å². The van der Waals surface area contributed by atoms with Crippen LogP contribution >= 0.6 is 0 Å². The SMILES string of the molecule is COc1ccc2c(c1)CN(CC(O)CN1CCOCC1)CC2. The largest absolute Gasteiger partial charge is 0.497 e. The molecular formula is C17H26N2O3. The Labute approximate surface area is 132 Å². The van der Waals surface area contributed by atoms with Crippen molar-refractivity contribution in [2.45, 2.75) is 19.1 Å². The van der Waals surface area contributed by atoms with E-state index in [0.717, 1.165) is 64.7 Å². The van der Waals surface area contributed by atoms with Crippen molar-refractivity contribution in [2.75, 3.05) is 53.0 Å². The molecule has 1 N–H and O–H groups in total. The molecule has 0 amide bonds. The second-order valence-corrected chi connectivity index (χ2v) is 6.19. The van der Waals surface area contributed by atoms with Gasteiger partial charge in [-0.1, -0.05) is 6.07 Å². The van der Waals surface area contributed by atoms with Gasteiger partial charge < -0.3 is 14.6 Å². The van der Waals surface area contributed by atoms with Crippen molar-refractivity contribution in [3.63, 3.8) is 0 Å². The lowest BCUT2D eigenvalue weighted by molar-refractivity contribution is 0.00587.